The summed E-state index contributed by atoms with van der Waals surface area (Å²) >= 11 is 0. The average Bonchev–Trinajstić information content (AvgIpc) is 2.65. The second-order valence-corrected chi connectivity index (χ2v) is 4.02. The molecule has 0 unspecified atom stereocenters. The molecule has 3 nitrogen and oxygen atoms in total. The second kappa shape index (κ2) is 5.54. The molecule has 4 heteroatoms. The minimum atomic E-state index is 0. The lowest BCUT2D eigenvalue weighted by Gasteiger charge is -2.27. The van der Waals surface area contributed by atoms with Crippen LogP contribution in [0.5, 0.6) is 0 Å². The van der Waals surface area contributed by atoms with Gasteiger partial charge in [-0.25, -0.2) is 0 Å². The van der Waals surface area contributed by atoms with Crippen LogP contribution in [0, 0.1) is 5.92 Å². The van der Waals surface area contributed by atoms with E-state index >= 15 is 0 Å². The Bertz CT molecular complexity index is 295. The molecule has 1 aromatic rings. The summed E-state index contributed by atoms with van der Waals surface area (Å²) in [7, 11) is 2.05. The number of aryl methyl sites for hydroxylation is 1. The van der Waals surface area contributed by atoms with E-state index in [1.54, 1.807) is 0 Å². The highest BCUT2D eigenvalue weighted by Gasteiger charge is 2.23. The van der Waals surface area contributed by atoms with Crippen molar-refractivity contribution in [3.63, 3.8) is 0 Å². The fourth-order valence-corrected chi connectivity index (χ4v) is 2.14. The molecule has 1 aromatic heterocycles. The molecule has 0 bridgehead atoms. The number of nitrogens with two attached hydrogens (primary N) is 1. The summed E-state index contributed by atoms with van der Waals surface area (Å²) in [6, 6.07) is 4.33. The Balaban J connectivity index is 0.00000112. The van der Waals surface area contributed by atoms with Crippen LogP contribution >= 0.6 is 12.4 Å². The van der Waals surface area contributed by atoms with Crippen molar-refractivity contribution in [2.24, 2.45) is 18.7 Å². The van der Waals surface area contributed by atoms with Crippen LogP contribution in [0.4, 0.5) is 0 Å². The van der Waals surface area contributed by atoms with Crippen molar-refractivity contribution >= 4 is 12.4 Å². The quantitative estimate of drug-likeness (QED) is 0.843. The molecule has 0 spiro atoms. The zero-order valence-corrected chi connectivity index (χ0v) is 9.87. The third-order valence-corrected chi connectivity index (χ3v) is 3.10. The average molecular weight is 231 g/mol. The van der Waals surface area contributed by atoms with Gasteiger partial charge in [0.2, 0.25) is 0 Å². The molecule has 0 aromatic carbocycles. The van der Waals surface area contributed by atoms with Gasteiger partial charge < -0.3 is 15.0 Å². The fourth-order valence-electron chi connectivity index (χ4n) is 2.14. The van der Waals surface area contributed by atoms with E-state index in [2.05, 4.69) is 29.9 Å². The van der Waals surface area contributed by atoms with Gasteiger partial charge in [0.15, 0.2) is 0 Å². The summed E-state index contributed by atoms with van der Waals surface area (Å²) in [5.74, 6) is 0.581. The van der Waals surface area contributed by atoms with E-state index in [1.807, 2.05) is 0 Å². The van der Waals surface area contributed by atoms with E-state index in [0.29, 0.717) is 5.92 Å². The maximum Gasteiger partial charge on any atom is 0.0480 e. The normalized spacial score (nSPS) is 19.6. The molecule has 0 amide bonds. The molecule has 1 saturated heterocycles. The van der Waals surface area contributed by atoms with Crippen LogP contribution in [0.1, 0.15) is 24.6 Å². The van der Waals surface area contributed by atoms with Gasteiger partial charge in [0, 0.05) is 38.2 Å². The van der Waals surface area contributed by atoms with Crippen LogP contribution in [-0.2, 0) is 11.8 Å². The third kappa shape index (κ3) is 2.74. The number of halogens is 1. The molecule has 1 aliphatic rings. The summed E-state index contributed by atoms with van der Waals surface area (Å²) in [6.07, 6.45) is 4.23. The lowest BCUT2D eigenvalue weighted by atomic mass is 9.90. The highest BCUT2D eigenvalue weighted by Crippen LogP contribution is 2.27. The molecule has 2 N–H and O–H groups in total. The predicted molar refractivity (Wildman–Crippen MR) is 63.1 cm³/mol. The van der Waals surface area contributed by atoms with Gasteiger partial charge in [-0.3, -0.25) is 0 Å². The number of rotatable bonds is 2. The lowest BCUT2D eigenvalue weighted by Crippen LogP contribution is -2.28. The number of aromatic nitrogens is 1. The first-order valence-electron chi connectivity index (χ1n) is 5.23. The van der Waals surface area contributed by atoms with E-state index in [9.17, 15) is 0 Å². The van der Waals surface area contributed by atoms with Gasteiger partial charge in [-0.1, -0.05) is 0 Å². The first-order chi connectivity index (χ1) is 6.79. The maximum atomic E-state index is 6.24. The number of hydrogen-bond acceptors (Lipinski definition) is 2. The van der Waals surface area contributed by atoms with Gasteiger partial charge >= 0.3 is 0 Å². The highest BCUT2D eigenvalue weighted by atomic mass is 35.5. The van der Waals surface area contributed by atoms with Crippen LogP contribution in [0.3, 0.4) is 0 Å². The third-order valence-electron chi connectivity index (χ3n) is 3.10. The zero-order valence-electron chi connectivity index (χ0n) is 9.06. The molecule has 0 aliphatic carbocycles. The van der Waals surface area contributed by atoms with Crippen LogP contribution < -0.4 is 5.73 Å². The van der Waals surface area contributed by atoms with Crippen molar-refractivity contribution in [3.05, 3.63) is 24.0 Å². The topological polar surface area (TPSA) is 40.2 Å². The molecular formula is C11H19ClN2O. The molecule has 0 saturated carbocycles. The van der Waals surface area contributed by atoms with Crippen molar-refractivity contribution in [1.29, 1.82) is 0 Å². The van der Waals surface area contributed by atoms with Gasteiger partial charge in [-0.05, 0) is 30.9 Å². The molecule has 1 aliphatic heterocycles. The Morgan fingerprint density at radius 2 is 2.13 bits per heavy atom. The van der Waals surface area contributed by atoms with Crippen molar-refractivity contribution in [2.45, 2.75) is 18.9 Å². The summed E-state index contributed by atoms with van der Waals surface area (Å²) in [4.78, 5) is 0. The summed E-state index contributed by atoms with van der Waals surface area (Å²) in [6.45, 7) is 1.73. The van der Waals surface area contributed by atoms with Gasteiger partial charge in [0.25, 0.3) is 0 Å². The van der Waals surface area contributed by atoms with E-state index in [-0.39, 0.29) is 18.4 Å². The molecular weight excluding hydrogens is 212 g/mol. The molecule has 2 heterocycles. The highest BCUT2D eigenvalue weighted by molar-refractivity contribution is 5.85. The summed E-state index contributed by atoms with van der Waals surface area (Å²) in [5, 5.41) is 0. The Morgan fingerprint density at radius 3 is 2.67 bits per heavy atom. The number of nitrogens with zero attached hydrogens (tertiary/aromatic N) is 1. The standard InChI is InChI=1S/C11H18N2O.ClH/c1-13-6-2-3-10(13)11(12)9-4-7-14-8-5-9;/h2-3,6,9,11H,4-5,7-8,12H2,1H3;1H/t11-;/m0./s1. The van der Waals surface area contributed by atoms with Gasteiger partial charge in [0.05, 0.1) is 0 Å². The minimum Gasteiger partial charge on any atom is -0.381 e. The van der Waals surface area contributed by atoms with Crippen molar-refractivity contribution in [3.8, 4) is 0 Å². The zero-order chi connectivity index (χ0) is 9.97. The summed E-state index contributed by atoms with van der Waals surface area (Å²) in [5.41, 5.74) is 7.47. The van der Waals surface area contributed by atoms with Gasteiger partial charge in [-0.15, -0.1) is 12.4 Å². The Kier molecular flexibility index (Phi) is 4.64. The lowest BCUT2D eigenvalue weighted by molar-refractivity contribution is 0.0576. The Hall–Kier alpha value is -0.510. The van der Waals surface area contributed by atoms with Crippen LogP contribution in [0.2, 0.25) is 0 Å². The van der Waals surface area contributed by atoms with Crippen molar-refractivity contribution in [1.82, 2.24) is 4.57 Å². The largest absolute Gasteiger partial charge is 0.381 e. The molecule has 1 atom stereocenters. The minimum absolute atomic E-state index is 0. The second-order valence-electron chi connectivity index (χ2n) is 4.02. The SMILES string of the molecule is Cl.Cn1cccc1[C@@H](N)C1CCOCC1. The first-order valence-corrected chi connectivity index (χ1v) is 5.23. The molecule has 2 rings (SSSR count). The Labute approximate surface area is 97.0 Å². The van der Waals surface area contributed by atoms with E-state index in [0.717, 1.165) is 26.1 Å². The van der Waals surface area contributed by atoms with Crippen molar-refractivity contribution < 1.29 is 4.74 Å². The van der Waals surface area contributed by atoms with Crippen LogP contribution in [0.15, 0.2) is 18.3 Å². The maximum absolute atomic E-state index is 6.24. The fraction of sp³-hybridized carbons (Fsp3) is 0.636. The van der Waals surface area contributed by atoms with Gasteiger partial charge in [-0.2, -0.15) is 0 Å². The van der Waals surface area contributed by atoms with E-state index in [1.165, 1.54) is 5.69 Å². The number of ether oxygens (including phenoxy) is 1. The molecule has 86 valence electrons. The summed E-state index contributed by atoms with van der Waals surface area (Å²) < 4.78 is 7.45. The Morgan fingerprint density at radius 1 is 1.47 bits per heavy atom. The number of hydrogen-bond donors (Lipinski definition) is 1. The smallest absolute Gasteiger partial charge is 0.0480 e. The molecule has 0 radical (unpaired) electrons. The van der Waals surface area contributed by atoms with Crippen LogP contribution in [-0.4, -0.2) is 17.8 Å². The first kappa shape index (κ1) is 12.6. The van der Waals surface area contributed by atoms with Crippen molar-refractivity contribution in [2.75, 3.05) is 13.2 Å². The monoisotopic (exact) mass is 230 g/mol. The van der Waals surface area contributed by atoms with Crippen LogP contribution in [0.25, 0.3) is 0 Å². The molecule has 1 fully saturated rings. The van der Waals surface area contributed by atoms with Gasteiger partial charge in [0.1, 0.15) is 0 Å². The van der Waals surface area contributed by atoms with E-state index in [4.69, 9.17) is 10.5 Å². The molecule has 15 heavy (non-hydrogen) atoms. The van der Waals surface area contributed by atoms with E-state index < -0.39 is 0 Å². The predicted octanol–water partition coefficient (Wildman–Crippen LogP) is 1.87.